The fourth-order valence-electron chi connectivity index (χ4n) is 1.50. The van der Waals surface area contributed by atoms with E-state index in [2.05, 4.69) is 6.58 Å². The second-order valence-electron chi connectivity index (χ2n) is 3.28. The number of nitro groups is 1. The summed E-state index contributed by atoms with van der Waals surface area (Å²) in [7, 11) is 0. The number of hydrogen-bond acceptors (Lipinski definition) is 5. The van der Waals surface area contributed by atoms with E-state index >= 15 is 0 Å². The van der Waals surface area contributed by atoms with Gasteiger partial charge in [-0.25, -0.2) is 0 Å². The van der Waals surface area contributed by atoms with Crippen molar-refractivity contribution in [3.63, 3.8) is 0 Å². The van der Waals surface area contributed by atoms with Crippen LogP contribution in [0.4, 0.5) is 5.69 Å². The summed E-state index contributed by atoms with van der Waals surface area (Å²) in [6.45, 7) is 3.58. The van der Waals surface area contributed by atoms with Crippen LogP contribution in [-0.2, 0) is 0 Å². The molecule has 1 heterocycles. The Hall–Kier alpha value is -2.08. The van der Waals surface area contributed by atoms with Gasteiger partial charge in [-0.1, -0.05) is 6.08 Å². The van der Waals surface area contributed by atoms with Gasteiger partial charge in [-0.15, -0.1) is 6.58 Å². The Morgan fingerprint density at radius 3 is 2.69 bits per heavy atom. The van der Waals surface area contributed by atoms with E-state index in [-0.39, 0.29) is 12.5 Å². The second-order valence-corrected chi connectivity index (χ2v) is 3.28. The van der Waals surface area contributed by atoms with Crippen molar-refractivity contribution in [2.75, 3.05) is 6.79 Å². The van der Waals surface area contributed by atoms with Crippen LogP contribution in [0.25, 0.3) is 0 Å². The molecule has 0 aliphatic carbocycles. The minimum Gasteiger partial charge on any atom is -0.454 e. The zero-order valence-corrected chi connectivity index (χ0v) is 8.38. The molecule has 0 bridgehead atoms. The standard InChI is InChI=1S/C10H10N2O4/c1-2-7(11)6-3-9-10(16-5-15-9)4-8(6)12(13)14/h2-4,7H,1,5,11H2/t7-/m1/s1. The number of rotatable bonds is 3. The molecule has 6 nitrogen and oxygen atoms in total. The molecular weight excluding hydrogens is 212 g/mol. The maximum Gasteiger partial charge on any atom is 0.278 e. The van der Waals surface area contributed by atoms with Gasteiger partial charge in [0.1, 0.15) is 0 Å². The maximum absolute atomic E-state index is 10.9. The SMILES string of the molecule is C=C[C@@H](N)c1cc2c(cc1[N+](=O)[O-])OCO2. The molecular formula is C10H10N2O4. The fraction of sp³-hybridized carbons (Fsp3) is 0.200. The van der Waals surface area contributed by atoms with Gasteiger partial charge >= 0.3 is 0 Å². The Morgan fingerprint density at radius 1 is 1.50 bits per heavy atom. The number of ether oxygens (including phenoxy) is 2. The average molecular weight is 222 g/mol. The minimum atomic E-state index is -0.602. The molecule has 0 saturated carbocycles. The molecule has 16 heavy (non-hydrogen) atoms. The third kappa shape index (κ3) is 1.59. The fourth-order valence-corrected chi connectivity index (χ4v) is 1.50. The number of nitrogens with zero attached hydrogens (tertiary/aromatic N) is 1. The van der Waals surface area contributed by atoms with E-state index in [0.29, 0.717) is 17.1 Å². The highest BCUT2D eigenvalue weighted by atomic mass is 16.7. The zero-order valence-electron chi connectivity index (χ0n) is 8.38. The van der Waals surface area contributed by atoms with Crippen LogP contribution in [0.5, 0.6) is 11.5 Å². The minimum absolute atomic E-state index is 0.0687. The Labute approximate surface area is 91.4 Å². The first-order valence-electron chi connectivity index (χ1n) is 4.59. The van der Waals surface area contributed by atoms with Crippen molar-refractivity contribution >= 4 is 5.69 Å². The quantitative estimate of drug-likeness (QED) is 0.475. The van der Waals surface area contributed by atoms with Crippen molar-refractivity contribution in [3.8, 4) is 11.5 Å². The smallest absolute Gasteiger partial charge is 0.278 e. The molecule has 1 aliphatic heterocycles. The third-order valence-corrected chi connectivity index (χ3v) is 2.33. The predicted octanol–water partition coefficient (Wildman–Crippen LogP) is 1.51. The van der Waals surface area contributed by atoms with Gasteiger partial charge in [-0.2, -0.15) is 0 Å². The zero-order chi connectivity index (χ0) is 11.7. The number of hydrogen-bond donors (Lipinski definition) is 1. The highest BCUT2D eigenvalue weighted by Crippen LogP contribution is 2.39. The molecule has 1 aromatic carbocycles. The molecule has 0 unspecified atom stereocenters. The van der Waals surface area contributed by atoms with E-state index < -0.39 is 11.0 Å². The molecule has 6 heteroatoms. The molecule has 1 aliphatic rings. The summed E-state index contributed by atoms with van der Waals surface area (Å²) in [5.41, 5.74) is 5.99. The summed E-state index contributed by atoms with van der Waals surface area (Å²) in [5.74, 6) is 0.838. The molecule has 0 aromatic heterocycles. The summed E-state index contributed by atoms with van der Waals surface area (Å²) < 4.78 is 10.2. The number of nitrogens with two attached hydrogens (primary N) is 1. The monoisotopic (exact) mass is 222 g/mol. The van der Waals surface area contributed by atoms with Crippen LogP contribution in [0.3, 0.4) is 0 Å². The lowest BCUT2D eigenvalue weighted by Gasteiger charge is -2.08. The van der Waals surface area contributed by atoms with Gasteiger partial charge in [0.2, 0.25) is 6.79 Å². The molecule has 0 saturated heterocycles. The normalized spacial score (nSPS) is 14.6. The Morgan fingerprint density at radius 2 is 2.12 bits per heavy atom. The van der Waals surface area contributed by atoms with E-state index in [1.165, 1.54) is 18.2 Å². The average Bonchev–Trinajstić information content (AvgIpc) is 2.73. The summed E-state index contributed by atoms with van der Waals surface area (Å²) in [4.78, 5) is 10.4. The summed E-state index contributed by atoms with van der Waals surface area (Å²) in [6.07, 6.45) is 1.44. The van der Waals surface area contributed by atoms with E-state index in [1.807, 2.05) is 0 Å². The molecule has 0 spiro atoms. The molecule has 0 radical (unpaired) electrons. The lowest BCUT2D eigenvalue weighted by atomic mass is 10.0. The first-order valence-corrected chi connectivity index (χ1v) is 4.59. The summed E-state index contributed by atoms with van der Waals surface area (Å²) in [5, 5.41) is 10.9. The number of benzene rings is 1. The summed E-state index contributed by atoms with van der Waals surface area (Å²) in [6, 6.07) is 2.24. The highest BCUT2D eigenvalue weighted by Gasteiger charge is 2.25. The Kier molecular flexibility index (Phi) is 2.49. The molecule has 2 N–H and O–H groups in total. The van der Waals surface area contributed by atoms with Crippen LogP contribution < -0.4 is 15.2 Å². The third-order valence-electron chi connectivity index (χ3n) is 2.33. The van der Waals surface area contributed by atoms with Crippen LogP contribution in [0.1, 0.15) is 11.6 Å². The largest absolute Gasteiger partial charge is 0.454 e. The van der Waals surface area contributed by atoms with Crippen molar-refractivity contribution in [1.29, 1.82) is 0 Å². The van der Waals surface area contributed by atoms with Crippen molar-refractivity contribution in [1.82, 2.24) is 0 Å². The molecule has 0 fully saturated rings. The van der Waals surface area contributed by atoms with Crippen LogP contribution in [0.15, 0.2) is 24.8 Å². The number of fused-ring (bicyclic) bond motifs is 1. The van der Waals surface area contributed by atoms with Crippen LogP contribution in [-0.4, -0.2) is 11.7 Å². The maximum atomic E-state index is 10.9. The van der Waals surface area contributed by atoms with Gasteiger partial charge in [0.15, 0.2) is 11.5 Å². The van der Waals surface area contributed by atoms with Crippen molar-refractivity contribution < 1.29 is 14.4 Å². The van der Waals surface area contributed by atoms with Gasteiger partial charge in [0, 0.05) is 0 Å². The highest BCUT2D eigenvalue weighted by molar-refractivity contribution is 5.56. The van der Waals surface area contributed by atoms with Crippen LogP contribution in [0.2, 0.25) is 0 Å². The Balaban J connectivity index is 2.57. The van der Waals surface area contributed by atoms with Gasteiger partial charge in [-0.3, -0.25) is 10.1 Å². The van der Waals surface area contributed by atoms with Gasteiger partial charge in [0.05, 0.1) is 22.6 Å². The first kappa shape index (κ1) is 10.4. The van der Waals surface area contributed by atoms with Crippen LogP contribution >= 0.6 is 0 Å². The van der Waals surface area contributed by atoms with Gasteiger partial charge in [0.25, 0.3) is 5.69 Å². The summed E-state index contributed by atoms with van der Waals surface area (Å²) >= 11 is 0. The lowest BCUT2D eigenvalue weighted by Crippen LogP contribution is -2.09. The van der Waals surface area contributed by atoms with E-state index in [0.717, 1.165) is 0 Å². The molecule has 84 valence electrons. The molecule has 0 amide bonds. The Bertz CT molecular complexity index is 458. The molecule has 1 aromatic rings. The lowest BCUT2D eigenvalue weighted by molar-refractivity contribution is -0.385. The van der Waals surface area contributed by atoms with Crippen molar-refractivity contribution in [3.05, 3.63) is 40.5 Å². The topological polar surface area (TPSA) is 87.6 Å². The second kappa shape index (κ2) is 3.82. The van der Waals surface area contributed by atoms with E-state index in [1.54, 1.807) is 0 Å². The first-order chi connectivity index (χ1) is 7.63. The van der Waals surface area contributed by atoms with Crippen molar-refractivity contribution in [2.45, 2.75) is 6.04 Å². The van der Waals surface area contributed by atoms with Gasteiger partial charge in [-0.05, 0) is 6.07 Å². The van der Waals surface area contributed by atoms with Gasteiger partial charge < -0.3 is 15.2 Å². The molecule has 1 atom stereocenters. The predicted molar refractivity (Wildman–Crippen MR) is 56.3 cm³/mol. The molecule has 2 rings (SSSR count). The van der Waals surface area contributed by atoms with E-state index in [4.69, 9.17) is 15.2 Å². The van der Waals surface area contributed by atoms with E-state index in [9.17, 15) is 10.1 Å². The number of nitro benzene ring substituents is 1. The van der Waals surface area contributed by atoms with Crippen molar-refractivity contribution in [2.24, 2.45) is 5.73 Å². The van der Waals surface area contributed by atoms with Crippen LogP contribution in [0, 0.1) is 10.1 Å².